The number of hydrogen-bond acceptors (Lipinski definition) is 1. The molecular formula is C19H14Br2O. The van der Waals surface area contributed by atoms with Crippen molar-refractivity contribution in [2.45, 2.75) is 19.3 Å². The van der Waals surface area contributed by atoms with Crippen LogP contribution in [0.15, 0.2) is 57.5 Å². The van der Waals surface area contributed by atoms with Gasteiger partial charge in [0, 0.05) is 25.5 Å². The Morgan fingerprint density at radius 1 is 0.818 bits per heavy atom. The van der Waals surface area contributed by atoms with Crippen molar-refractivity contribution in [2.75, 3.05) is 0 Å². The lowest BCUT2D eigenvalue weighted by Gasteiger charge is -2.35. The molecule has 22 heavy (non-hydrogen) atoms. The summed E-state index contributed by atoms with van der Waals surface area (Å²) >= 11 is 7.08. The Morgan fingerprint density at radius 2 is 1.55 bits per heavy atom. The number of rotatable bonds is 0. The van der Waals surface area contributed by atoms with Crippen molar-refractivity contribution in [3.8, 4) is 11.5 Å². The van der Waals surface area contributed by atoms with E-state index in [0.29, 0.717) is 0 Å². The van der Waals surface area contributed by atoms with Gasteiger partial charge in [0.05, 0.1) is 0 Å². The first kappa shape index (κ1) is 14.3. The first-order valence-corrected chi connectivity index (χ1v) is 8.76. The van der Waals surface area contributed by atoms with Crippen molar-refractivity contribution in [1.29, 1.82) is 0 Å². The molecule has 0 spiro atoms. The van der Waals surface area contributed by atoms with E-state index in [2.05, 4.69) is 88.2 Å². The second-order valence-electron chi connectivity index (χ2n) is 6.17. The quantitative estimate of drug-likeness (QED) is 0.391. The summed E-state index contributed by atoms with van der Waals surface area (Å²) in [6.07, 6.45) is 0. The molecule has 0 amide bonds. The molecule has 0 aromatic heterocycles. The fourth-order valence-corrected chi connectivity index (χ4v) is 4.08. The summed E-state index contributed by atoms with van der Waals surface area (Å²) in [5, 5.41) is 2.48. The molecule has 0 atom stereocenters. The maximum absolute atomic E-state index is 6.19. The van der Waals surface area contributed by atoms with Crippen molar-refractivity contribution >= 4 is 42.6 Å². The van der Waals surface area contributed by atoms with E-state index in [0.717, 1.165) is 20.4 Å². The molecule has 0 unspecified atom stereocenters. The molecule has 0 aliphatic carbocycles. The Labute approximate surface area is 146 Å². The van der Waals surface area contributed by atoms with Crippen LogP contribution in [0.5, 0.6) is 11.5 Å². The molecule has 0 bridgehead atoms. The molecule has 0 saturated carbocycles. The molecule has 1 nitrogen and oxygen atoms in total. The van der Waals surface area contributed by atoms with Gasteiger partial charge in [-0.3, -0.25) is 0 Å². The van der Waals surface area contributed by atoms with E-state index in [9.17, 15) is 0 Å². The fraction of sp³-hybridized carbons (Fsp3) is 0.158. The normalized spacial score (nSPS) is 15.1. The van der Waals surface area contributed by atoms with Crippen LogP contribution in [0, 0.1) is 0 Å². The van der Waals surface area contributed by atoms with Gasteiger partial charge in [0.2, 0.25) is 0 Å². The summed E-state index contributed by atoms with van der Waals surface area (Å²) in [6, 6.07) is 16.9. The molecule has 1 heterocycles. The molecule has 1 aliphatic rings. The highest BCUT2D eigenvalue weighted by atomic mass is 79.9. The molecule has 0 fully saturated rings. The van der Waals surface area contributed by atoms with E-state index in [1.54, 1.807) is 0 Å². The third-order valence-electron chi connectivity index (χ3n) is 4.41. The van der Waals surface area contributed by atoms with Crippen LogP contribution in [0.25, 0.3) is 10.8 Å². The molecule has 0 radical (unpaired) electrons. The Hall–Kier alpha value is -1.32. The molecular weight excluding hydrogens is 404 g/mol. The highest BCUT2D eigenvalue weighted by molar-refractivity contribution is 9.10. The maximum atomic E-state index is 6.19. The zero-order chi connectivity index (χ0) is 15.5. The first-order valence-electron chi connectivity index (χ1n) is 7.17. The Kier molecular flexibility index (Phi) is 3.14. The largest absolute Gasteiger partial charge is 0.457 e. The average Bonchev–Trinajstić information content (AvgIpc) is 2.46. The van der Waals surface area contributed by atoms with Crippen LogP contribution in [0.1, 0.15) is 25.0 Å². The minimum absolute atomic E-state index is 0.100. The van der Waals surface area contributed by atoms with Gasteiger partial charge in [-0.05, 0) is 41.1 Å². The topological polar surface area (TPSA) is 9.23 Å². The van der Waals surface area contributed by atoms with Crippen LogP contribution in [0.4, 0.5) is 0 Å². The summed E-state index contributed by atoms with van der Waals surface area (Å²) in [4.78, 5) is 0. The Morgan fingerprint density at radius 3 is 2.36 bits per heavy atom. The lowest BCUT2D eigenvalue weighted by atomic mass is 9.74. The summed E-state index contributed by atoms with van der Waals surface area (Å²) in [5.41, 5.74) is 2.38. The van der Waals surface area contributed by atoms with Gasteiger partial charge >= 0.3 is 0 Å². The summed E-state index contributed by atoms with van der Waals surface area (Å²) in [5.74, 6) is 1.88. The minimum Gasteiger partial charge on any atom is -0.457 e. The van der Waals surface area contributed by atoms with E-state index in [4.69, 9.17) is 4.74 Å². The lowest BCUT2D eigenvalue weighted by molar-refractivity contribution is 0.420. The summed E-state index contributed by atoms with van der Waals surface area (Å²) in [6.45, 7) is 4.53. The highest BCUT2D eigenvalue weighted by Crippen LogP contribution is 2.51. The SMILES string of the molecule is CC1(C)c2ccc(Br)cc2Oc2ccc3cc(Br)ccc3c21. The minimum atomic E-state index is -0.100. The van der Waals surface area contributed by atoms with Gasteiger partial charge in [0.15, 0.2) is 0 Å². The zero-order valence-electron chi connectivity index (χ0n) is 12.3. The Balaban J connectivity index is 2.06. The zero-order valence-corrected chi connectivity index (χ0v) is 15.5. The highest BCUT2D eigenvalue weighted by Gasteiger charge is 2.35. The van der Waals surface area contributed by atoms with Crippen LogP contribution >= 0.6 is 31.9 Å². The molecule has 0 saturated heterocycles. The monoisotopic (exact) mass is 416 g/mol. The van der Waals surface area contributed by atoms with Crippen molar-refractivity contribution in [3.63, 3.8) is 0 Å². The van der Waals surface area contributed by atoms with Gasteiger partial charge in [0.25, 0.3) is 0 Å². The van der Waals surface area contributed by atoms with E-state index in [1.807, 2.05) is 6.07 Å². The molecule has 3 aromatic carbocycles. The summed E-state index contributed by atoms with van der Waals surface area (Å²) in [7, 11) is 0. The number of benzene rings is 3. The van der Waals surface area contributed by atoms with Crippen LogP contribution in [0.2, 0.25) is 0 Å². The second-order valence-corrected chi connectivity index (χ2v) is 8.00. The maximum Gasteiger partial charge on any atom is 0.132 e. The molecule has 110 valence electrons. The third-order valence-corrected chi connectivity index (χ3v) is 5.39. The fourth-order valence-electron chi connectivity index (χ4n) is 3.36. The number of hydrogen-bond donors (Lipinski definition) is 0. The summed E-state index contributed by atoms with van der Waals surface area (Å²) < 4.78 is 8.32. The third kappa shape index (κ3) is 2.03. The van der Waals surface area contributed by atoms with Crippen LogP contribution in [-0.4, -0.2) is 0 Å². The van der Waals surface area contributed by atoms with Gasteiger partial charge in [-0.25, -0.2) is 0 Å². The van der Waals surface area contributed by atoms with Crippen molar-refractivity contribution in [2.24, 2.45) is 0 Å². The van der Waals surface area contributed by atoms with E-state index in [1.165, 1.54) is 21.9 Å². The van der Waals surface area contributed by atoms with Gasteiger partial charge in [-0.1, -0.05) is 63.9 Å². The van der Waals surface area contributed by atoms with Crippen molar-refractivity contribution in [1.82, 2.24) is 0 Å². The van der Waals surface area contributed by atoms with Crippen molar-refractivity contribution < 1.29 is 4.74 Å². The smallest absolute Gasteiger partial charge is 0.132 e. The predicted molar refractivity (Wildman–Crippen MR) is 98.0 cm³/mol. The van der Waals surface area contributed by atoms with Gasteiger partial charge < -0.3 is 4.74 Å². The van der Waals surface area contributed by atoms with E-state index in [-0.39, 0.29) is 5.41 Å². The molecule has 0 N–H and O–H groups in total. The van der Waals surface area contributed by atoms with Crippen LogP contribution in [0.3, 0.4) is 0 Å². The standard InChI is InChI=1S/C19H14Br2O/c1-19(2)15-7-5-13(21)10-17(15)22-16-8-3-11-9-12(20)4-6-14(11)18(16)19/h3-10H,1-2H3. The number of halogens is 2. The predicted octanol–water partition coefficient (Wildman–Crippen LogP) is 6.80. The van der Waals surface area contributed by atoms with Crippen LogP contribution in [-0.2, 0) is 5.41 Å². The van der Waals surface area contributed by atoms with Gasteiger partial charge in [0.1, 0.15) is 11.5 Å². The second kappa shape index (κ2) is 4.84. The lowest BCUT2D eigenvalue weighted by Crippen LogP contribution is -2.24. The molecule has 3 aromatic rings. The van der Waals surface area contributed by atoms with E-state index >= 15 is 0 Å². The first-order chi connectivity index (χ1) is 10.5. The van der Waals surface area contributed by atoms with Gasteiger partial charge in [-0.2, -0.15) is 0 Å². The molecule has 1 aliphatic heterocycles. The average molecular weight is 418 g/mol. The Bertz CT molecular complexity index is 913. The number of ether oxygens (including phenoxy) is 1. The molecule has 4 rings (SSSR count). The van der Waals surface area contributed by atoms with Crippen LogP contribution < -0.4 is 4.74 Å². The number of fused-ring (bicyclic) bond motifs is 4. The van der Waals surface area contributed by atoms with Crippen molar-refractivity contribution in [3.05, 3.63) is 68.6 Å². The van der Waals surface area contributed by atoms with Gasteiger partial charge in [-0.15, -0.1) is 0 Å². The van der Waals surface area contributed by atoms with E-state index < -0.39 is 0 Å². The molecule has 3 heteroatoms.